The summed E-state index contributed by atoms with van der Waals surface area (Å²) in [7, 11) is 2.10. The second kappa shape index (κ2) is 13.0. The quantitative estimate of drug-likeness (QED) is 0.327. The number of likely N-dealkylation sites (N-methyl/N-ethyl adjacent to an activating group) is 1. The molecule has 3 aromatic rings. The van der Waals surface area contributed by atoms with Crippen molar-refractivity contribution in [3.05, 3.63) is 70.3 Å². The zero-order chi connectivity index (χ0) is 31.7. The Labute approximate surface area is 269 Å². The van der Waals surface area contributed by atoms with Crippen LogP contribution >= 0.6 is 11.6 Å². The van der Waals surface area contributed by atoms with Crippen molar-refractivity contribution < 1.29 is 9.53 Å². The van der Waals surface area contributed by atoms with E-state index in [0.717, 1.165) is 59.3 Å². The van der Waals surface area contributed by atoms with E-state index in [2.05, 4.69) is 58.7 Å². The molecule has 2 aromatic carbocycles. The van der Waals surface area contributed by atoms with Crippen molar-refractivity contribution in [2.24, 2.45) is 0 Å². The number of amides is 1. The van der Waals surface area contributed by atoms with Gasteiger partial charge in [-0.15, -0.1) is 0 Å². The summed E-state index contributed by atoms with van der Waals surface area (Å²) >= 11 is 6.72. The molecule has 0 N–H and O–H groups in total. The highest BCUT2D eigenvalue weighted by atomic mass is 35.5. The van der Waals surface area contributed by atoms with Gasteiger partial charge in [-0.05, 0) is 57.3 Å². The maximum Gasteiger partial charge on any atom is 0.249 e. The topological polar surface area (TPSA) is 99.7 Å². The molecule has 45 heavy (non-hydrogen) atoms. The van der Waals surface area contributed by atoms with Crippen LogP contribution in [0.1, 0.15) is 42.9 Å². The van der Waals surface area contributed by atoms with E-state index in [1.54, 1.807) is 11.8 Å². The average molecular weight is 624 g/mol. The molecule has 3 aliphatic heterocycles. The van der Waals surface area contributed by atoms with Crippen molar-refractivity contribution in [1.29, 1.82) is 10.5 Å². The lowest BCUT2D eigenvalue weighted by molar-refractivity contribution is -0.129. The second-order valence-electron chi connectivity index (χ2n) is 12.3. The number of benzene rings is 2. The van der Waals surface area contributed by atoms with Crippen molar-refractivity contribution in [3.63, 3.8) is 0 Å². The van der Waals surface area contributed by atoms with Gasteiger partial charge in [0.05, 0.1) is 23.6 Å². The van der Waals surface area contributed by atoms with Gasteiger partial charge in [0, 0.05) is 66.5 Å². The molecule has 6 rings (SSSR count). The van der Waals surface area contributed by atoms with Crippen molar-refractivity contribution in [2.75, 3.05) is 56.2 Å². The highest BCUT2D eigenvalue weighted by Crippen LogP contribution is 2.40. The van der Waals surface area contributed by atoms with Crippen molar-refractivity contribution in [3.8, 4) is 18.0 Å². The van der Waals surface area contributed by atoms with Gasteiger partial charge in [-0.25, -0.2) is 0 Å². The number of rotatable bonds is 7. The van der Waals surface area contributed by atoms with Crippen LogP contribution in [0, 0.1) is 22.7 Å². The summed E-state index contributed by atoms with van der Waals surface area (Å²) in [5, 5.41) is 22.9. The molecule has 0 bridgehead atoms. The normalized spacial score (nSPS) is 20.1. The molecule has 2 atom stereocenters. The summed E-state index contributed by atoms with van der Waals surface area (Å²) in [5.41, 5.74) is 3.89. The highest BCUT2D eigenvalue weighted by molar-refractivity contribution is 6.36. The van der Waals surface area contributed by atoms with E-state index in [0.29, 0.717) is 61.2 Å². The number of fused-ring (bicyclic) bond motifs is 2. The molecule has 1 aromatic heterocycles. The number of aromatic nitrogens is 1. The maximum atomic E-state index is 12.9. The van der Waals surface area contributed by atoms with E-state index >= 15 is 0 Å². The first-order chi connectivity index (χ1) is 21.8. The van der Waals surface area contributed by atoms with Crippen LogP contribution in [0.15, 0.2) is 48.6 Å². The molecule has 9 nitrogen and oxygen atoms in total. The van der Waals surface area contributed by atoms with E-state index in [1.165, 1.54) is 0 Å². The van der Waals surface area contributed by atoms with E-state index < -0.39 is 0 Å². The fourth-order valence-electron chi connectivity index (χ4n) is 7.02. The molecule has 10 heteroatoms. The van der Waals surface area contributed by atoms with Crippen molar-refractivity contribution in [1.82, 2.24) is 14.8 Å². The smallest absolute Gasteiger partial charge is 0.249 e. The van der Waals surface area contributed by atoms with Gasteiger partial charge < -0.3 is 24.3 Å². The molecule has 2 saturated heterocycles. The van der Waals surface area contributed by atoms with E-state index in [-0.39, 0.29) is 24.4 Å². The van der Waals surface area contributed by atoms with Crippen LogP contribution in [-0.2, 0) is 17.8 Å². The van der Waals surface area contributed by atoms with Gasteiger partial charge in [0.25, 0.3) is 0 Å². The minimum absolute atomic E-state index is 0.126. The summed E-state index contributed by atoms with van der Waals surface area (Å²) in [6, 6.07) is 16.8. The molecule has 0 saturated carbocycles. The number of anilines is 2. The Balaban J connectivity index is 1.40. The first-order valence-corrected chi connectivity index (χ1v) is 16.0. The predicted octanol–water partition coefficient (Wildman–Crippen LogP) is 5.30. The number of likely N-dealkylation sites (tertiary alicyclic amines) is 1. The first-order valence-electron chi connectivity index (χ1n) is 15.6. The Hall–Kier alpha value is -4.31. The van der Waals surface area contributed by atoms with Crippen LogP contribution in [0.5, 0.6) is 5.88 Å². The zero-order valence-corrected chi connectivity index (χ0v) is 26.7. The van der Waals surface area contributed by atoms with Crippen LogP contribution in [-0.4, -0.2) is 79.2 Å². The Morgan fingerprint density at radius 3 is 2.60 bits per heavy atom. The number of piperazine rings is 1. The number of halogens is 1. The van der Waals surface area contributed by atoms with Crippen LogP contribution in [0.4, 0.5) is 11.5 Å². The second-order valence-corrected chi connectivity index (χ2v) is 12.7. The summed E-state index contributed by atoms with van der Waals surface area (Å²) < 4.78 is 6.41. The number of ether oxygens (including phenoxy) is 1. The Morgan fingerprint density at radius 1 is 1.09 bits per heavy atom. The first kappa shape index (κ1) is 30.7. The third kappa shape index (κ3) is 5.91. The van der Waals surface area contributed by atoms with Gasteiger partial charge >= 0.3 is 0 Å². The molecule has 0 aliphatic carbocycles. The van der Waals surface area contributed by atoms with Gasteiger partial charge in [0.1, 0.15) is 24.1 Å². The van der Waals surface area contributed by atoms with Crippen LogP contribution < -0.4 is 14.5 Å². The van der Waals surface area contributed by atoms with Crippen LogP contribution in [0.2, 0.25) is 5.02 Å². The Morgan fingerprint density at radius 2 is 1.89 bits per heavy atom. The lowest BCUT2D eigenvalue weighted by Crippen LogP contribution is -2.56. The number of carbonyl (C=O) groups is 1. The number of pyridine rings is 1. The summed E-state index contributed by atoms with van der Waals surface area (Å²) in [6.07, 6.45) is 3.04. The highest BCUT2D eigenvalue weighted by Gasteiger charge is 2.35. The number of nitrogens with zero attached hydrogens (tertiary/aromatic N) is 7. The van der Waals surface area contributed by atoms with Gasteiger partial charge in [0.15, 0.2) is 0 Å². The van der Waals surface area contributed by atoms with Gasteiger partial charge in [-0.3, -0.25) is 4.79 Å². The fourth-order valence-corrected chi connectivity index (χ4v) is 7.30. The molecule has 3 aliphatic rings. The average Bonchev–Trinajstić information content (AvgIpc) is 3.46. The molecular formula is C35H38ClN7O2. The standard InChI is InChI=1S/C35H38ClN7O2/c1-23(2)35(44)43-18-17-42(20-25(43)12-14-37)33-27-13-16-41(31-11-5-8-24-7-4-10-30(36)32(24)31)21-29(27)28(19-38)34(39-33)45-22-26-9-6-15-40(26)3/h4-5,7-8,10-11,25-26H,1,6,9,12-13,15-18,20-22H2,2-3H3/t25-,26+/m1/s1. The SMILES string of the molecule is C=C(C)C(=O)N1CCN(c2nc(OC[C@@H]3CCCN3C)c(C#N)c3c2CCN(c2cccc4cccc(Cl)c24)C3)C[C@H]1CC#N. The number of hydrogen-bond donors (Lipinski definition) is 0. The summed E-state index contributed by atoms with van der Waals surface area (Å²) in [6.45, 7) is 9.73. The van der Waals surface area contributed by atoms with E-state index in [1.807, 2.05) is 18.2 Å². The number of nitriles is 2. The Kier molecular flexibility index (Phi) is 8.85. The molecule has 1 amide bonds. The molecule has 232 valence electrons. The molecule has 2 fully saturated rings. The minimum atomic E-state index is -0.296. The summed E-state index contributed by atoms with van der Waals surface area (Å²) in [4.78, 5) is 26.5. The van der Waals surface area contributed by atoms with Crippen LogP contribution in [0.3, 0.4) is 0 Å². The molecule has 0 radical (unpaired) electrons. The molecule has 4 heterocycles. The predicted molar refractivity (Wildman–Crippen MR) is 177 cm³/mol. The van der Waals surface area contributed by atoms with E-state index in [4.69, 9.17) is 21.3 Å². The van der Waals surface area contributed by atoms with Gasteiger partial charge in [-0.1, -0.05) is 42.4 Å². The third-order valence-corrected chi connectivity index (χ3v) is 9.76. The molecule has 0 spiro atoms. The van der Waals surface area contributed by atoms with Gasteiger partial charge in [0.2, 0.25) is 11.8 Å². The maximum absolute atomic E-state index is 12.9. The minimum Gasteiger partial charge on any atom is -0.475 e. The van der Waals surface area contributed by atoms with Crippen molar-refractivity contribution in [2.45, 2.75) is 51.2 Å². The van der Waals surface area contributed by atoms with Gasteiger partial charge in [-0.2, -0.15) is 15.5 Å². The summed E-state index contributed by atoms with van der Waals surface area (Å²) in [5.74, 6) is 1.00. The number of carbonyl (C=O) groups excluding carboxylic acids is 1. The fraction of sp³-hybridized carbons (Fsp3) is 0.429. The van der Waals surface area contributed by atoms with Crippen molar-refractivity contribution >= 4 is 39.8 Å². The molecule has 0 unspecified atom stereocenters. The van der Waals surface area contributed by atoms with E-state index in [9.17, 15) is 15.3 Å². The Bertz CT molecular complexity index is 1720. The largest absolute Gasteiger partial charge is 0.475 e. The zero-order valence-electron chi connectivity index (χ0n) is 25.9. The number of hydrogen-bond acceptors (Lipinski definition) is 8. The molecular weight excluding hydrogens is 586 g/mol. The van der Waals surface area contributed by atoms with Crippen LogP contribution in [0.25, 0.3) is 10.8 Å². The third-order valence-electron chi connectivity index (χ3n) is 9.44. The lowest BCUT2D eigenvalue weighted by atomic mass is 9.94. The monoisotopic (exact) mass is 623 g/mol. The lowest BCUT2D eigenvalue weighted by Gasteiger charge is -2.43.